The molecule has 0 saturated carbocycles. The first-order chi connectivity index (χ1) is 22.6. The Balaban J connectivity index is 1.12. The zero-order valence-corrected chi connectivity index (χ0v) is 27.6. The zero-order valence-electron chi connectivity index (χ0n) is 27.6. The number of hydrogen-bond donors (Lipinski definition) is 3. The van der Waals surface area contributed by atoms with Crippen LogP contribution in [0.3, 0.4) is 0 Å². The molecule has 4 heterocycles. The van der Waals surface area contributed by atoms with Gasteiger partial charge in [0.1, 0.15) is 17.7 Å². The van der Waals surface area contributed by atoms with Crippen molar-refractivity contribution in [2.45, 2.75) is 65.1 Å². The first-order valence-corrected chi connectivity index (χ1v) is 16.4. The Morgan fingerprint density at radius 1 is 0.809 bits per heavy atom. The van der Waals surface area contributed by atoms with E-state index in [0.717, 1.165) is 64.7 Å². The van der Waals surface area contributed by atoms with Crippen LogP contribution >= 0.6 is 0 Å². The summed E-state index contributed by atoms with van der Waals surface area (Å²) in [7, 11) is 1.28. The molecule has 0 bridgehead atoms. The van der Waals surface area contributed by atoms with Crippen LogP contribution in [-0.4, -0.2) is 73.9 Å². The molecule has 47 heavy (non-hydrogen) atoms. The number of aromatic amines is 2. The van der Waals surface area contributed by atoms with E-state index in [1.165, 1.54) is 7.11 Å². The number of carbonyl (C=O) groups excluding carboxylic acids is 3. The van der Waals surface area contributed by atoms with Crippen LogP contribution in [0.1, 0.15) is 70.7 Å². The van der Waals surface area contributed by atoms with Gasteiger partial charge in [-0.3, -0.25) is 9.59 Å². The molecule has 0 unspecified atom stereocenters. The second kappa shape index (κ2) is 13.4. The van der Waals surface area contributed by atoms with Crippen molar-refractivity contribution in [1.82, 2.24) is 35.1 Å². The molecule has 0 aliphatic carbocycles. The van der Waals surface area contributed by atoms with Crippen molar-refractivity contribution < 1.29 is 19.1 Å². The Hall–Kier alpha value is -4.93. The van der Waals surface area contributed by atoms with Gasteiger partial charge in [-0.15, -0.1) is 0 Å². The fraction of sp³-hybridized carbons (Fsp3) is 0.417. The number of ether oxygens (including phenoxy) is 1. The summed E-state index contributed by atoms with van der Waals surface area (Å²) >= 11 is 0. The molecular formula is C36H43N7O4. The number of nitrogens with zero attached hydrogens (tertiary/aromatic N) is 4. The second-order valence-electron chi connectivity index (χ2n) is 13.0. The molecule has 0 radical (unpaired) electrons. The lowest BCUT2D eigenvalue weighted by atomic mass is 10.0. The minimum atomic E-state index is -0.701. The van der Waals surface area contributed by atoms with Gasteiger partial charge >= 0.3 is 6.09 Å². The topological polar surface area (TPSA) is 136 Å². The molecule has 11 heteroatoms. The average molecular weight is 638 g/mol. The fourth-order valence-electron chi connectivity index (χ4n) is 6.87. The van der Waals surface area contributed by atoms with Gasteiger partial charge in [0.2, 0.25) is 11.8 Å². The van der Waals surface area contributed by atoms with E-state index in [9.17, 15) is 14.4 Å². The number of likely N-dealkylation sites (tertiary alicyclic amines) is 2. The highest BCUT2D eigenvalue weighted by Crippen LogP contribution is 2.37. The summed E-state index contributed by atoms with van der Waals surface area (Å²) in [6.45, 7) is 9.24. The number of rotatable bonds is 8. The molecule has 11 nitrogen and oxygen atoms in total. The molecule has 5 atom stereocenters. The molecule has 2 aromatic heterocycles. The number of H-pyrrole nitrogens is 2. The van der Waals surface area contributed by atoms with Crippen molar-refractivity contribution in [1.29, 1.82) is 0 Å². The predicted molar refractivity (Wildman–Crippen MR) is 179 cm³/mol. The van der Waals surface area contributed by atoms with E-state index in [1.807, 2.05) is 24.2 Å². The van der Waals surface area contributed by atoms with Gasteiger partial charge in [0, 0.05) is 19.5 Å². The number of carbonyl (C=O) groups is 3. The smallest absolute Gasteiger partial charge is 0.407 e. The van der Waals surface area contributed by atoms with Crippen LogP contribution in [0.15, 0.2) is 60.9 Å². The van der Waals surface area contributed by atoms with Crippen LogP contribution in [0, 0.1) is 11.8 Å². The third-order valence-corrected chi connectivity index (χ3v) is 9.36. The average Bonchev–Trinajstić information content (AvgIpc) is 3.90. The molecule has 2 aliphatic rings. The SMILES string of the molecule is CCC(=O)N1C[C@@H](C)C[C@H]1c1ncc(-c2ccc(-c3ccc(-c4cnc([C@@H]5C[C@H](C)CN5C(=O)[C@H](C)NC(=O)OC)[nH]4)cc3)cc2)[nH]1. The molecular weight excluding hydrogens is 594 g/mol. The Bertz CT molecular complexity index is 1730. The maximum Gasteiger partial charge on any atom is 0.407 e. The Morgan fingerprint density at radius 2 is 1.26 bits per heavy atom. The van der Waals surface area contributed by atoms with E-state index in [-0.39, 0.29) is 23.9 Å². The monoisotopic (exact) mass is 637 g/mol. The third-order valence-electron chi connectivity index (χ3n) is 9.36. The highest BCUT2D eigenvalue weighted by atomic mass is 16.5. The normalized spacial score (nSPS) is 21.6. The van der Waals surface area contributed by atoms with Crippen LogP contribution in [0.2, 0.25) is 0 Å². The van der Waals surface area contributed by atoms with Gasteiger partial charge in [-0.05, 0) is 53.9 Å². The number of aromatic nitrogens is 4. The molecule has 246 valence electrons. The fourth-order valence-corrected chi connectivity index (χ4v) is 6.87. The van der Waals surface area contributed by atoms with Crippen LogP contribution < -0.4 is 5.32 Å². The second-order valence-corrected chi connectivity index (χ2v) is 13.0. The maximum atomic E-state index is 13.2. The van der Waals surface area contributed by atoms with Gasteiger partial charge < -0.3 is 29.8 Å². The number of hydrogen-bond acceptors (Lipinski definition) is 6. The van der Waals surface area contributed by atoms with E-state index in [1.54, 1.807) is 11.8 Å². The zero-order chi connectivity index (χ0) is 33.2. The highest BCUT2D eigenvalue weighted by Gasteiger charge is 2.38. The van der Waals surface area contributed by atoms with Crippen LogP contribution in [0.25, 0.3) is 33.6 Å². The summed E-state index contributed by atoms with van der Waals surface area (Å²) in [6.07, 6.45) is 5.24. The van der Waals surface area contributed by atoms with E-state index >= 15 is 0 Å². The minimum Gasteiger partial charge on any atom is -0.453 e. The van der Waals surface area contributed by atoms with Crippen molar-refractivity contribution in [2.24, 2.45) is 11.8 Å². The minimum absolute atomic E-state index is 0.00266. The molecule has 3 amide bonds. The number of methoxy groups -OCH3 is 1. The molecule has 6 rings (SSSR count). The number of amides is 3. The van der Waals surface area contributed by atoms with Gasteiger partial charge in [0.05, 0.1) is 43.0 Å². The Labute approximate surface area is 275 Å². The molecule has 2 saturated heterocycles. The van der Waals surface area contributed by atoms with Crippen molar-refractivity contribution in [2.75, 3.05) is 20.2 Å². The van der Waals surface area contributed by atoms with Crippen LogP contribution in [-0.2, 0) is 14.3 Å². The predicted octanol–water partition coefficient (Wildman–Crippen LogP) is 6.11. The lowest BCUT2D eigenvalue weighted by molar-refractivity contribution is -0.134. The summed E-state index contributed by atoms with van der Waals surface area (Å²) in [5.74, 6) is 2.35. The number of nitrogens with one attached hydrogen (secondary N) is 3. The maximum absolute atomic E-state index is 13.2. The highest BCUT2D eigenvalue weighted by molar-refractivity contribution is 5.86. The summed E-state index contributed by atoms with van der Waals surface area (Å²) < 4.78 is 4.66. The molecule has 2 fully saturated rings. The summed E-state index contributed by atoms with van der Waals surface area (Å²) in [5, 5.41) is 2.57. The summed E-state index contributed by atoms with van der Waals surface area (Å²) in [6, 6.07) is 15.8. The summed E-state index contributed by atoms with van der Waals surface area (Å²) in [5.41, 5.74) is 6.03. The van der Waals surface area contributed by atoms with Gasteiger partial charge in [-0.1, -0.05) is 69.3 Å². The first-order valence-electron chi connectivity index (χ1n) is 16.4. The molecule has 0 spiro atoms. The van der Waals surface area contributed by atoms with Crippen molar-refractivity contribution >= 4 is 17.9 Å². The Morgan fingerprint density at radius 3 is 1.72 bits per heavy atom. The van der Waals surface area contributed by atoms with Crippen molar-refractivity contribution in [3.8, 4) is 33.6 Å². The van der Waals surface area contributed by atoms with E-state index < -0.39 is 12.1 Å². The molecule has 3 N–H and O–H groups in total. The molecule has 4 aromatic rings. The standard InChI is InChI=1S/C36H43N7O4/c1-6-32(44)42-19-21(2)15-30(42)33-37-17-28(40-33)26-11-7-24(8-12-26)25-9-13-27(14-10-25)29-18-38-34(41-29)31-16-22(3)20-43(31)35(45)23(4)39-36(46)47-5/h7-14,17-18,21-23,30-31H,6,15-16,19-20H2,1-5H3,(H,37,40)(H,38,41)(H,39,46)/t21-,22-,23-,30-,31-/m0/s1. The molecule has 2 aromatic carbocycles. The van der Waals surface area contributed by atoms with Gasteiger partial charge in [0.25, 0.3) is 0 Å². The third kappa shape index (κ3) is 6.65. The van der Waals surface area contributed by atoms with E-state index in [4.69, 9.17) is 0 Å². The lowest BCUT2D eigenvalue weighted by Crippen LogP contribution is -2.46. The van der Waals surface area contributed by atoms with Gasteiger partial charge in [0.15, 0.2) is 0 Å². The summed E-state index contributed by atoms with van der Waals surface area (Å²) in [4.78, 5) is 57.3. The number of imidazole rings is 2. The number of benzene rings is 2. The van der Waals surface area contributed by atoms with Crippen LogP contribution in [0.4, 0.5) is 4.79 Å². The largest absolute Gasteiger partial charge is 0.453 e. The molecule has 2 aliphatic heterocycles. The van der Waals surface area contributed by atoms with E-state index in [0.29, 0.717) is 24.8 Å². The van der Waals surface area contributed by atoms with Crippen molar-refractivity contribution in [3.05, 3.63) is 72.6 Å². The van der Waals surface area contributed by atoms with E-state index in [2.05, 4.69) is 92.4 Å². The van der Waals surface area contributed by atoms with Gasteiger partial charge in [-0.25, -0.2) is 14.8 Å². The van der Waals surface area contributed by atoms with Gasteiger partial charge in [-0.2, -0.15) is 0 Å². The lowest BCUT2D eigenvalue weighted by Gasteiger charge is -2.26. The van der Waals surface area contributed by atoms with Crippen LogP contribution in [0.5, 0.6) is 0 Å². The number of alkyl carbamates (subject to hydrolysis) is 1. The first kappa shape index (κ1) is 32.0. The van der Waals surface area contributed by atoms with Crippen molar-refractivity contribution in [3.63, 3.8) is 0 Å². The quantitative estimate of drug-likeness (QED) is 0.213. The Kier molecular flexibility index (Phi) is 9.15.